The maximum atomic E-state index is 11.8. The molecule has 0 bridgehead atoms. The second-order valence-corrected chi connectivity index (χ2v) is 14.3. The minimum atomic E-state index is -3.46. The molecular weight excluding hydrogens is 601 g/mol. The highest BCUT2D eigenvalue weighted by Crippen LogP contribution is 2.32. The lowest BCUT2D eigenvalue weighted by Crippen LogP contribution is -2.10. The Kier molecular flexibility index (Phi) is 13.2. The number of rotatable bonds is 8. The van der Waals surface area contributed by atoms with Gasteiger partial charge in [0.05, 0.1) is 23.8 Å². The molecule has 0 aromatic carbocycles. The van der Waals surface area contributed by atoms with E-state index < -0.39 is 9.84 Å². The zero-order chi connectivity index (χ0) is 33.5. The summed E-state index contributed by atoms with van der Waals surface area (Å²) in [6.07, 6.45) is 10.7. The number of aromatic nitrogens is 8. The van der Waals surface area contributed by atoms with E-state index in [0.29, 0.717) is 23.3 Å². The summed E-state index contributed by atoms with van der Waals surface area (Å²) in [5.41, 5.74) is 7.47. The van der Waals surface area contributed by atoms with Gasteiger partial charge in [-0.25, -0.2) is 28.4 Å². The molecule has 0 amide bonds. The zero-order valence-corrected chi connectivity index (χ0v) is 29.4. The molecule has 4 heterocycles. The van der Waals surface area contributed by atoms with E-state index in [1.54, 1.807) is 18.0 Å². The molecule has 0 radical (unpaired) electrons. The third-order valence-corrected chi connectivity index (χ3v) is 8.10. The fourth-order valence-corrected chi connectivity index (χ4v) is 5.65. The Bertz CT molecular complexity index is 1640. The fourth-order valence-electron chi connectivity index (χ4n) is 4.68. The van der Waals surface area contributed by atoms with Crippen LogP contribution in [-0.4, -0.2) is 70.9 Å². The molecule has 0 aliphatic heterocycles. The second-order valence-electron chi connectivity index (χ2n) is 11.6. The molecule has 4 aromatic rings. The minimum absolute atomic E-state index is 0.137. The summed E-state index contributed by atoms with van der Waals surface area (Å²) >= 11 is 1.58. The van der Waals surface area contributed by atoms with E-state index >= 15 is 0 Å². The van der Waals surface area contributed by atoms with Crippen molar-refractivity contribution in [2.24, 2.45) is 0 Å². The van der Waals surface area contributed by atoms with E-state index in [2.05, 4.69) is 66.0 Å². The second kappa shape index (κ2) is 15.7. The maximum absolute atomic E-state index is 11.8. The molecule has 0 atom stereocenters. The van der Waals surface area contributed by atoms with E-state index in [1.807, 2.05) is 62.6 Å². The van der Waals surface area contributed by atoms with E-state index in [1.165, 1.54) is 5.56 Å². The lowest BCUT2D eigenvalue weighted by molar-refractivity contribution is -0.176. The largest absolute Gasteiger partial charge is 0.270 e. The monoisotopic (exact) mass is 646 g/mol. The zero-order valence-electron chi connectivity index (χ0n) is 27.7. The first-order valence-corrected chi connectivity index (χ1v) is 17.5. The van der Waals surface area contributed by atoms with Crippen molar-refractivity contribution >= 4 is 21.6 Å². The average Bonchev–Trinajstić information content (AvgIpc) is 3.64. The van der Waals surface area contributed by atoms with Gasteiger partial charge >= 0.3 is 0 Å². The molecule has 2 N–H and O–H groups in total. The highest BCUT2D eigenvalue weighted by molar-refractivity contribution is 7.98. The predicted molar refractivity (Wildman–Crippen MR) is 175 cm³/mol. The van der Waals surface area contributed by atoms with Gasteiger partial charge in [-0.15, -0.1) is 0 Å². The average molecular weight is 647 g/mol. The fraction of sp³-hybridized carbons (Fsp3) is 0.533. The molecule has 14 heteroatoms. The Balaban J connectivity index is 0.000000292. The summed E-state index contributed by atoms with van der Waals surface area (Å²) in [5.74, 6) is 0.578. The Labute approximate surface area is 265 Å². The van der Waals surface area contributed by atoms with Gasteiger partial charge < -0.3 is 0 Å². The Hall–Kier alpha value is -3.20. The van der Waals surface area contributed by atoms with Crippen molar-refractivity contribution in [2.45, 2.75) is 103 Å². The standard InChI is InChI=1S/C15H22N4O2S.C15H22N4S.H2O2/c1-9(2)13-11(5)17-15(22(6,20)21)18-14(13)12-7-16-19(8-12)10(3)4;1-9(2)13-11(5)17-15(20-6)18-14(13)12-7-16-19(8-12)10(3)4;1-2/h7-10H,1-6H3;7-10H,1-6H3;1-2H. The van der Waals surface area contributed by atoms with Gasteiger partial charge in [-0.1, -0.05) is 39.5 Å². The van der Waals surface area contributed by atoms with Gasteiger partial charge in [0.25, 0.3) is 0 Å². The third-order valence-electron chi connectivity index (χ3n) is 6.71. The number of sulfone groups is 1. The number of thioether (sulfide) groups is 1. The van der Waals surface area contributed by atoms with Crippen LogP contribution in [0.15, 0.2) is 35.1 Å². The number of hydrogen-bond donors (Lipinski definition) is 2. The lowest BCUT2D eigenvalue weighted by atomic mass is 9.97. The number of hydrogen-bond acceptors (Lipinski definition) is 11. The smallest absolute Gasteiger partial charge is 0.247 e. The van der Waals surface area contributed by atoms with Gasteiger partial charge in [0.1, 0.15) is 0 Å². The molecule has 0 saturated heterocycles. The first-order valence-electron chi connectivity index (χ1n) is 14.3. The van der Waals surface area contributed by atoms with Crippen LogP contribution in [0, 0.1) is 13.8 Å². The minimum Gasteiger partial charge on any atom is -0.270 e. The van der Waals surface area contributed by atoms with Gasteiger partial charge in [0.15, 0.2) is 5.16 Å². The summed E-state index contributed by atoms with van der Waals surface area (Å²) < 4.78 is 27.4. The van der Waals surface area contributed by atoms with Crippen molar-refractivity contribution < 1.29 is 18.9 Å². The van der Waals surface area contributed by atoms with Gasteiger partial charge in [-0.2, -0.15) is 10.2 Å². The quantitative estimate of drug-likeness (QED) is 0.0891. The van der Waals surface area contributed by atoms with E-state index in [0.717, 1.165) is 39.5 Å². The molecule has 0 fully saturated rings. The van der Waals surface area contributed by atoms with Crippen LogP contribution in [0.4, 0.5) is 0 Å². The predicted octanol–water partition coefficient (Wildman–Crippen LogP) is 6.85. The third kappa shape index (κ3) is 8.93. The van der Waals surface area contributed by atoms with Crippen LogP contribution < -0.4 is 0 Å². The van der Waals surface area contributed by atoms with Gasteiger partial charge in [0.2, 0.25) is 15.0 Å². The van der Waals surface area contributed by atoms with Crippen LogP contribution in [-0.2, 0) is 9.84 Å². The molecular formula is C30H46N8O4S2. The van der Waals surface area contributed by atoms with Crippen LogP contribution in [0.2, 0.25) is 0 Å². The van der Waals surface area contributed by atoms with Crippen molar-refractivity contribution in [1.29, 1.82) is 0 Å². The molecule has 4 rings (SSSR count). The molecule has 0 spiro atoms. The normalized spacial score (nSPS) is 11.6. The highest BCUT2D eigenvalue weighted by atomic mass is 32.2. The van der Waals surface area contributed by atoms with Gasteiger partial charge in [-0.05, 0) is 59.6 Å². The molecule has 0 unspecified atom stereocenters. The Morgan fingerprint density at radius 3 is 1.45 bits per heavy atom. The molecule has 12 nitrogen and oxygen atoms in total. The Morgan fingerprint density at radius 2 is 1.11 bits per heavy atom. The molecule has 0 aliphatic carbocycles. The van der Waals surface area contributed by atoms with Crippen LogP contribution in [0.25, 0.3) is 22.5 Å². The first-order chi connectivity index (χ1) is 20.5. The summed E-state index contributed by atoms with van der Waals surface area (Å²) in [6, 6.07) is 0.586. The van der Waals surface area contributed by atoms with Crippen molar-refractivity contribution in [3.8, 4) is 22.5 Å². The molecule has 0 aliphatic rings. The van der Waals surface area contributed by atoms with Crippen molar-refractivity contribution in [1.82, 2.24) is 39.5 Å². The molecule has 242 valence electrons. The topological polar surface area (TPSA) is 162 Å². The van der Waals surface area contributed by atoms with Crippen molar-refractivity contribution in [3.63, 3.8) is 0 Å². The lowest BCUT2D eigenvalue weighted by Gasteiger charge is -2.14. The SMILES string of the molecule is CSc1nc(C)c(C(C)C)c(-c2cnn(C(C)C)c2)n1.Cc1nc(S(C)(=O)=O)nc(-c2cnn(C(C)C)c2)c1C(C)C.OO. The molecule has 4 aromatic heterocycles. The van der Waals surface area contributed by atoms with Gasteiger partial charge in [-0.3, -0.25) is 19.9 Å². The number of aryl methyl sites for hydroxylation is 2. The van der Waals surface area contributed by atoms with Gasteiger partial charge in [0, 0.05) is 64.4 Å². The summed E-state index contributed by atoms with van der Waals surface area (Å²) in [6.45, 7) is 20.7. The van der Waals surface area contributed by atoms with Crippen molar-refractivity contribution in [3.05, 3.63) is 47.3 Å². The van der Waals surface area contributed by atoms with E-state index in [-0.39, 0.29) is 17.1 Å². The Morgan fingerprint density at radius 1 is 0.705 bits per heavy atom. The van der Waals surface area contributed by atoms with E-state index in [9.17, 15) is 8.42 Å². The summed E-state index contributed by atoms with van der Waals surface area (Å²) in [5, 5.41) is 21.4. The number of nitrogens with zero attached hydrogens (tertiary/aromatic N) is 8. The van der Waals surface area contributed by atoms with Crippen molar-refractivity contribution in [2.75, 3.05) is 12.5 Å². The molecule has 0 saturated carbocycles. The molecule has 44 heavy (non-hydrogen) atoms. The van der Waals surface area contributed by atoms with Crippen LogP contribution >= 0.6 is 11.8 Å². The summed E-state index contributed by atoms with van der Waals surface area (Å²) in [4.78, 5) is 17.8. The van der Waals surface area contributed by atoms with Crippen LogP contribution in [0.5, 0.6) is 0 Å². The van der Waals surface area contributed by atoms with Crippen LogP contribution in [0.3, 0.4) is 0 Å². The van der Waals surface area contributed by atoms with E-state index in [4.69, 9.17) is 15.5 Å². The highest BCUT2D eigenvalue weighted by Gasteiger charge is 2.22. The maximum Gasteiger partial charge on any atom is 0.247 e. The van der Waals surface area contributed by atoms with Crippen LogP contribution in [0.1, 0.15) is 102 Å². The summed E-state index contributed by atoms with van der Waals surface area (Å²) in [7, 11) is -3.46. The first kappa shape index (κ1) is 37.0.